The number of thioether (sulfide) groups is 1. The average Bonchev–Trinajstić information content (AvgIpc) is 2.60. The molecule has 7 heteroatoms. The van der Waals surface area contributed by atoms with Gasteiger partial charge >= 0.3 is 0 Å². The number of para-hydroxylation sites is 1. The third-order valence-corrected chi connectivity index (χ3v) is 3.76. The maximum Gasteiger partial charge on any atom is 0.266 e. The lowest BCUT2D eigenvalue weighted by Gasteiger charge is -2.14. The van der Waals surface area contributed by atoms with E-state index >= 15 is 0 Å². The van der Waals surface area contributed by atoms with E-state index in [1.165, 1.54) is 12.1 Å². The molecule has 1 aromatic carbocycles. The first-order valence-electron chi connectivity index (χ1n) is 5.22. The van der Waals surface area contributed by atoms with Crippen LogP contribution in [0.25, 0.3) is 6.08 Å². The Labute approximate surface area is 118 Å². The molecule has 1 N–H and O–H groups in total. The fraction of sp³-hybridized carbons (Fsp3) is 0.0833. The molecule has 1 fully saturated rings. The molecule has 0 spiro atoms. The Balaban J connectivity index is 2.28. The van der Waals surface area contributed by atoms with Gasteiger partial charge in [0.15, 0.2) is 0 Å². The van der Waals surface area contributed by atoms with E-state index in [9.17, 15) is 19.8 Å². The number of hydrogen-bond donors (Lipinski definition) is 1. The van der Waals surface area contributed by atoms with Crippen LogP contribution < -0.4 is 5.11 Å². The number of nitrogens with zero attached hydrogens (tertiary/aromatic N) is 1. The number of carbonyl (C=O) groups is 2. The molecule has 1 aliphatic heterocycles. The topological polar surface area (TPSA) is 80.7 Å². The molecular weight excluding hydrogens is 286 g/mol. The zero-order valence-corrected chi connectivity index (χ0v) is 11.2. The van der Waals surface area contributed by atoms with Gasteiger partial charge in [0.25, 0.3) is 5.91 Å². The van der Waals surface area contributed by atoms with Gasteiger partial charge in [0.05, 0.1) is 17.4 Å². The summed E-state index contributed by atoms with van der Waals surface area (Å²) in [5.41, 5.74) is 0.469. The lowest BCUT2D eigenvalue weighted by atomic mass is 10.2. The van der Waals surface area contributed by atoms with E-state index in [2.05, 4.69) is 0 Å². The summed E-state index contributed by atoms with van der Waals surface area (Å²) in [6.45, 7) is -0.567. The highest BCUT2D eigenvalue weighted by molar-refractivity contribution is 8.26. The number of thiocarbonyl (C=S) groups is 1. The lowest BCUT2D eigenvalue weighted by molar-refractivity contribution is -0.305. The molecule has 0 saturated carbocycles. The number of carbonyl (C=O) groups excluding carboxylic acids is 2. The van der Waals surface area contributed by atoms with Crippen LogP contribution in [0, 0.1) is 0 Å². The number of carboxylic acid groups (broad SMARTS) is 1. The number of phenols is 1. The van der Waals surface area contributed by atoms with Crippen LogP contribution in [0.5, 0.6) is 5.75 Å². The molecule has 98 valence electrons. The number of rotatable bonds is 3. The number of aromatic hydroxyl groups is 1. The zero-order chi connectivity index (χ0) is 14.0. The predicted molar refractivity (Wildman–Crippen MR) is 73.0 cm³/mol. The lowest BCUT2D eigenvalue weighted by Crippen LogP contribution is -2.40. The molecule has 0 aliphatic carbocycles. The van der Waals surface area contributed by atoms with Gasteiger partial charge in [-0.3, -0.25) is 9.69 Å². The minimum Gasteiger partial charge on any atom is -0.548 e. The van der Waals surface area contributed by atoms with Crippen molar-refractivity contribution in [2.45, 2.75) is 0 Å². The Morgan fingerprint density at radius 2 is 2.16 bits per heavy atom. The van der Waals surface area contributed by atoms with Crippen molar-refractivity contribution in [3.8, 4) is 5.75 Å². The second-order valence-corrected chi connectivity index (χ2v) is 5.37. The quantitative estimate of drug-likeness (QED) is 0.640. The number of hydrogen-bond acceptors (Lipinski definition) is 6. The summed E-state index contributed by atoms with van der Waals surface area (Å²) in [4.78, 5) is 23.7. The van der Waals surface area contributed by atoms with Crippen molar-refractivity contribution in [1.82, 2.24) is 4.90 Å². The van der Waals surface area contributed by atoms with Crippen LogP contribution in [-0.2, 0) is 9.59 Å². The number of aliphatic carboxylic acids is 1. The van der Waals surface area contributed by atoms with Crippen LogP contribution in [-0.4, -0.2) is 32.7 Å². The molecule has 1 heterocycles. The molecule has 1 saturated heterocycles. The van der Waals surface area contributed by atoms with Crippen LogP contribution in [0.3, 0.4) is 0 Å². The van der Waals surface area contributed by atoms with Gasteiger partial charge in [-0.25, -0.2) is 0 Å². The van der Waals surface area contributed by atoms with Gasteiger partial charge in [-0.15, -0.1) is 0 Å². The summed E-state index contributed by atoms with van der Waals surface area (Å²) in [5.74, 6) is -1.84. The third kappa shape index (κ3) is 2.94. The van der Waals surface area contributed by atoms with Crippen LogP contribution in [0.15, 0.2) is 29.2 Å². The highest BCUT2D eigenvalue weighted by Crippen LogP contribution is 2.33. The zero-order valence-electron chi connectivity index (χ0n) is 9.53. The molecule has 0 atom stereocenters. The third-order valence-electron chi connectivity index (χ3n) is 2.38. The molecule has 2 rings (SSSR count). The van der Waals surface area contributed by atoms with Gasteiger partial charge in [-0.2, -0.15) is 0 Å². The maximum absolute atomic E-state index is 11.9. The fourth-order valence-electron chi connectivity index (χ4n) is 1.52. The van der Waals surface area contributed by atoms with E-state index in [4.69, 9.17) is 12.2 Å². The molecule has 0 bridgehead atoms. The van der Waals surface area contributed by atoms with Crippen LogP contribution in [0.2, 0.25) is 0 Å². The molecular formula is C12H8NO4S2-. The monoisotopic (exact) mass is 294 g/mol. The van der Waals surface area contributed by atoms with Crippen molar-refractivity contribution < 1.29 is 19.8 Å². The van der Waals surface area contributed by atoms with Gasteiger partial charge in [0.1, 0.15) is 10.1 Å². The van der Waals surface area contributed by atoms with Crippen molar-refractivity contribution in [2.24, 2.45) is 0 Å². The molecule has 1 aromatic rings. The smallest absolute Gasteiger partial charge is 0.266 e. The normalized spacial score (nSPS) is 17.3. The fourth-order valence-corrected chi connectivity index (χ4v) is 2.76. The summed E-state index contributed by atoms with van der Waals surface area (Å²) >= 11 is 5.93. The van der Waals surface area contributed by atoms with Crippen molar-refractivity contribution in [3.63, 3.8) is 0 Å². The van der Waals surface area contributed by atoms with E-state index in [-0.39, 0.29) is 15.0 Å². The summed E-state index contributed by atoms with van der Waals surface area (Å²) in [5, 5.41) is 20.2. The average molecular weight is 294 g/mol. The number of benzene rings is 1. The molecule has 0 unspecified atom stereocenters. The Morgan fingerprint density at radius 1 is 1.47 bits per heavy atom. The van der Waals surface area contributed by atoms with Gasteiger partial charge in [0.2, 0.25) is 0 Å². The second kappa shape index (κ2) is 5.41. The minimum absolute atomic E-state index is 0.0349. The summed E-state index contributed by atoms with van der Waals surface area (Å²) < 4.78 is 0.163. The number of amides is 1. The highest BCUT2D eigenvalue weighted by Gasteiger charge is 2.31. The van der Waals surface area contributed by atoms with E-state index in [0.29, 0.717) is 5.56 Å². The molecule has 0 radical (unpaired) electrons. The summed E-state index contributed by atoms with van der Waals surface area (Å²) in [6, 6.07) is 6.51. The Bertz CT molecular complexity index is 597. The molecule has 0 aromatic heterocycles. The summed E-state index contributed by atoms with van der Waals surface area (Å²) in [6.07, 6.45) is 1.48. The Hall–Kier alpha value is -1.86. The molecule has 1 amide bonds. The standard InChI is InChI=1S/C12H9NO4S2/c14-8-4-2-1-3-7(8)5-9-11(17)13(6-10(15)16)12(18)19-9/h1-5,14H,6H2,(H,15,16)/p-1. The van der Waals surface area contributed by atoms with E-state index in [1.807, 2.05) is 0 Å². The maximum atomic E-state index is 11.9. The Kier molecular flexibility index (Phi) is 3.87. The number of carboxylic acids is 1. The summed E-state index contributed by atoms with van der Waals surface area (Å²) in [7, 11) is 0. The van der Waals surface area contributed by atoms with Crippen LogP contribution in [0.1, 0.15) is 5.56 Å². The van der Waals surface area contributed by atoms with Crippen molar-refractivity contribution >= 4 is 46.3 Å². The highest BCUT2D eigenvalue weighted by atomic mass is 32.2. The van der Waals surface area contributed by atoms with Crippen molar-refractivity contribution in [1.29, 1.82) is 0 Å². The number of phenolic OH excluding ortho intramolecular Hbond substituents is 1. The predicted octanol–water partition coefficient (Wildman–Crippen LogP) is 0.343. The first kappa shape index (κ1) is 13.6. The van der Waals surface area contributed by atoms with Gasteiger partial charge in [-0.05, 0) is 12.1 Å². The molecule has 1 aliphatic rings. The SMILES string of the molecule is O=C([O-])CN1C(=O)C(=Cc2ccccc2O)SC1=S. The minimum atomic E-state index is -1.37. The first-order valence-corrected chi connectivity index (χ1v) is 6.44. The van der Waals surface area contributed by atoms with Gasteiger partial charge in [-0.1, -0.05) is 42.2 Å². The molecule has 5 nitrogen and oxygen atoms in total. The van der Waals surface area contributed by atoms with Crippen LogP contribution in [0.4, 0.5) is 0 Å². The van der Waals surface area contributed by atoms with Gasteiger partial charge in [0, 0.05) is 5.56 Å². The van der Waals surface area contributed by atoms with Crippen molar-refractivity contribution in [3.05, 3.63) is 34.7 Å². The largest absolute Gasteiger partial charge is 0.548 e. The second-order valence-electron chi connectivity index (χ2n) is 3.70. The Morgan fingerprint density at radius 3 is 2.79 bits per heavy atom. The van der Waals surface area contributed by atoms with E-state index in [0.717, 1.165) is 16.7 Å². The van der Waals surface area contributed by atoms with E-state index < -0.39 is 18.4 Å². The van der Waals surface area contributed by atoms with E-state index in [1.54, 1.807) is 18.2 Å². The first-order chi connectivity index (χ1) is 8.99. The van der Waals surface area contributed by atoms with Crippen molar-refractivity contribution in [2.75, 3.05) is 6.54 Å². The van der Waals surface area contributed by atoms with Gasteiger partial charge < -0.3 is 15.0 Å². The van der Waals surface area contributed by atoms with Crippen LogP contribution >= 0.6 is 24.0 Å². The molecule has 19 heavy (non-hydrogen) atoms.